The molecule has 11 heteroatoms. The van der Waals surface area contributed by atoms with E-state index in [1.54, 1.807) is 0 Å². The zero-order valence-electron chi connectivity index (χ0n) is 23.6. The lowest BCUT2D eigenvalue weighted by Crippen LogP contribution is -2.70. The van der Waals surface area contributed by atoms with Crippen molar-refractivity contribution < 1.29 is 50.0 Å². The maximum absolute atomic E-state index is 11.1. The van der Waals surface area contributed by atoms with Gasteiger partial charge in [-0.25, -0.2) is 0 Å². The highest BCUT2D eigenvalue weighted by atomic mass is 16.7. The third-order valence-electron chi connectivity index (χ3n) is 8.16. The third-order valence-corrected chi connectivity index (χ3v) is 8.16. The van der Waals surface area contributed by atoms with Gasteiger partial charge < -0.3 is 55.7 Å². The molecule has 0 saturated carbocycles. The van der Waals surface area contributed by atoms with Crippen LogP contribution in [-0.4, -0.2) is 110 Å². The smallest absolute Gasteiger partial charge is 0.187 e. The summed E-state index contributed by atoms with van der Waals surface area (Å²) < 4.78 is 16.7. The van der Waals surface area contributed by atoms with E-state index in [2.05, 4.69) is 6.92 Å². The maximum Gasteiger partial charge on any atom is 0.187 e. The Balaban J connectivity index is 1.71. The summed E-state index contributed by atoms with van der Waals surface area (Å²) in [5.74, 6) is -1.88. The molecule has 2 saturated heterocycles. The molecular formula is C28H55NO10. The molecule has 0 aliphatic carbocycles. The monoisotopic (exact) mass is 565 g/mol. The van der Waals surface area contributed by atoms with Crippen LogP contribution in [0, 0.1) is 0 Å². The fourth-order valence-electron chi connectivity index (χ4n) is 5.54. The van der Waals surface area contributed by atoms with Gasteiger partial charge in [0.1, 0.15) is 42.7 Å². The van der Waals surface area contributed by atoms with Gasteiger partial charge in [0.2, 0.25) is 0 Å². The van der Waals surface area contributed by atoms with Crippen LogP contribution in [0.25, 0.3) is 0 Å². The van der Waals surface area contributed by atoms with E-state index >= 15 is 0 Å². The van der Waals surface area contributed by atoms with Crippen LogP contribution in [0.2, 0.25) is 0 Å². The Hall–Kier alpha value is -0.440. The van der Waals surface area contributed by atoms with Crippen LogP contribution in [0.15, 0.2) is 0 Å². The quantitative estimate of drug-likeness (QED) is 0.103. The number of hydrogen-bond acceptors (Lipinski definition) is 11. The molecule has 0 bridgehead atoms. The molecule has 0 aromatic rings. The largest absolute Gasteiger partial charge is 0.394 e. The van der Waals surface area contributed by atoms with Crippen molar-refractivity contribution in [2.45, 2.75) is 164 Å². The molecule has 9 N–H and O–H groups in total. The molecule has 0 amide bonds. The molecule has 10 atom stereocenters. The molecule has 2 aliphatic heterocycles. The summed E-state index contributed by atoms with van der Waals surface area (Å²) in [6, 6.07) is -1.27. The number of aliphatic hydroxyl groups is 7. The minimum Gasteiger partial charge on any atom is -0.394 e. The average Bonchev–Trinajstić information content (AvgIpc) is 2.93. The zero-order valence-corrected chi connectivity index (χ0v) is 23.6. The van der Waals surface area contributed by atoms with E-state index in [0.717, 1.165) is 19.3 Å². The number of ether oxygens (including phenoxy) is 3. The first-order chi connectivity index (χ1) is 18.7. The predicted octanol–water partition coefficient (Wildman–Crippen LogP) is 0.811. The van der Waals surface area contributed by atoms with E-state index in [0.29, 0.717) is 6.42 Å². The molecular weight excluding hydrogens is 510 g/mol. The highest BCUT2D eigenvalue weighted by Gasteiger charge is 2.54. The highest BCUT2D eigenvalue weighted by Crippen LogP contribution is 2.34. The fraction of sp³-hybridized carbons (Fsp3) is 1.00. The van der Waals surface area contributed by atoms with Gasteiger partial charge in [0.05, 0.1) is 19.3 Å². The summed E-state index contributed by atoms with van der Waals surface area (Å²) >= 11 is 0. The predicted molar refractivity (Wildman–Crippen MR) is 144 cm³/mol. The van der Waals surface area contributed by atoms with Crippen LogP contribution >= 0.6 is 0 Å². The van der Waals surface area contributed by atoms with Crippen LogP contribution in [0.4, 0.5) is 0 Å². The molecule has 1 unspecified atom stereocenters. The molecule has 0 aromatic carbocycles. The number of unbranched alkanes of at least 4 members (excludes halogenated alkanes) is 13. The Morgan fingerprint density at radius 3 is 1.64 bits per heavy atom. The van der Waals surface area contributed by atoms with Crippen LogP contribution in [0.3, 0.4) is 0 Å². The van der Waals surface area contributed by atoms with Gasteiger partial charge in [0.25, 0.3) is 0 Å². The molecule has 39 heavy (non-hydrogen) atoms. The normalized spacial score (nSPS) is 37.3. The van der Waals surface area contributed by atoms with E-state index < -0.39 is 74.1 Å². The zero-order chi connectivity index (χ0) is 28.8. The average molecular weight is 566 g/mol. The second kappa shape index (κ2) is 18.2. The van der Waals surface area contributed by atoms with E-state index in [1.165, 1.54) is 64.2 Å². The Morgan fingerprint density at radius 1 is 0.667 bits per heavy atom. The van der Waals surface area contributed by atoms with Crippen LogP contribution < -0.4 is 5.73 Å². The van der Waals surface area contributed by atoms with Crippen LogP contribution in [0.5, 0.6) is 0 Å². The summed E-state index contributed by atoms with van der Waals surface area (Å²) in [5.41, 5.74) is 6.14. The molecule has 2 fully saturated rings. The van der Waals surface area contributed by atoms with Gasteiger partial charge in [-0.05, 0) is 6.42 Å². The Morgan fingerprint density at radius 2 is 1.15 bits per heavy atom. The first-order valence-electron chi connectivity index (χ1n) is 15.1. The molecule has 11 nitrogen and oxygen atoms in total. The Bertz CT molecular complexity index is 641. The van der Waals surface area contributed by atoms with Gasteiger partial charge >= 0.3 is 0 Å². The molecule has 232 valence electrons. The third kappa shape index (κ3) is 10.4. The topological polar surface area (TPSA) is 195 Å². The molecule has 2 rings (SSSR count). The first-order valence-corrected chi connectivity index (χ1v) is 15.1. The Labute approximate surface area is 233 Å². The van der Waals surface area contributed by atoms with Crippen molar-refractivity contribution in [3.63, 3.8) is 0 Å². The van der Waals surface area contributed by atoms with E-state index in [-0.39, 0.29) is 6.42 Å². The van der Waals surface area contributed by atoms with Gasteiger partial charge in [-0.1, -0.05) is 90.4 Å². The van der Waals surface area contributed by atoms with Gasteiger partial charge in [0.15, 0.2) is 12.1 Å². The standard InChI is InChI=1S/C28H55NO10/c1-2-3-4-5-6-7-8-9-10-11-12-13-14-15-16-28(36)26(29)24(35)25(20(18-31)39-28)38-27-23(34)22(33)21(32)19(17-30)37-27/h19-27,30-36H,2-18,29H2,1H3/t19-,20-,21+,22+,23-,24+,25-,26-,27+,28?/m1/s1. The van der Waals surface area contributed by atoms with Crippen molar-refractivity contribution in [2.24, 2.45) is 5.73 Å². The number of hydrogen-bond donors (Lipinski definition) is 8. The number of nitrogens with two attached hydrogens (primary N) is 1. The highest BCUT2D eigenvalue weighted by molar-refractivity contribution is 5.00. The SMILES string of the molecule is CCCCCCCCCCCCCCCCC1(O)O[C@H](CO)[C@@H](O[C@@H]2O[C@H](CO)[C@H](O)[C@H](O)[C@H]2O)[C@H](O)[C@H]1N. The van der Waals surface area contributed by atoms with E-state index in [9.17, 15) is 35.7 Å². The second-order valence-corrected chi connectivity index (χ2v) is 11.3. The number of rotatable bonds is 19. The van der Waals surface area contributed by atoms with E-state index in [1.807, 2.05) is 0 Å². The van der Waals surface area contributed by atoms with Crippen molar-refractivity contribution in [2.75, 3.05) is 13.2 Å². The van der Waals surface area contributed by atoms with Crippen LogP contribution in [-0.2, 0) is 14.2 Å². The molecule has 0 radical (unpaired) electrons. The second-order valence-electron chi connectivity index (χ2n) is 11.3. The maximum atomic E-state index is 11.1. The minimum atomic E-state index is -1.88. The van der Waals surface area contributed by atoms with Gasteiger partial charge in [-0.3, -0.25) is 0 Å². The lowest BCUT2D eigenvalue weighted by molar-refractivity contribution is -0.365. The minimum absolute atomic E-state index is 0.173. The Kier molecular flexibility index (Phi) is 16.2. The summed E-state index contributed by atoms with van der Waals surface area (Å²) in [6.07, 6.45) is 5.23. The van der Waals surface area contributed by atoms with E-state index in [4.69, 9.17) is 19.9 Å². The van der Waals surface area contributed by atoms with Crippen LogP contribution in [0.1, 0.15) is 103 Å². The molecule has 0 aromatic heterocycles. The summed E-state index contributed by atoms with van der Waals surface area (Å²) in [5, 5.41) is 71.4. The molecule has 0 spiro atoms. The first kappa shape index (κ1) is 34.8. The van der Waals surface area contributed by atoms with Crippen molar-refractivity contribution in [3.05, 3.63) is 0 Å². The lowest BCUT2D eigenvalue weighted by Gasteiger charge is -2.49. The molecule has 2 heterocycles. The summed E-state index contributed by atoms with van der Waals surface area (Å²) in [6.45, 7) is 0.977. The van der Waals surface area contributed by atoms with Crippen molar-refractivity contribution in [3.8, 4) is 0 Å². The van der Waals surface area contributed by atoms with Gasteiger partial charge in [-0.2, -0.15) is 0 Å². The summed E-state index contributed by atoms with van der Waals surface area (Å²) in [7, 11) is 0. The van der Waals surface area contributed by atoms with Crippen molar-refractivity contribution >= 4 is 0 Å². The fourth-order valence-corrected chi connectivity index (χ4v) is 5.54. The molecule has 2 aliphatic rings. The van der Waals surface area contributed by atoms with Crippen molar-refractivity contribution in [1.82, 2.24) is 0 Å². The van der Waals surface area contributed by atoms with Gasteiger partial charge in [0, 0.05) is 6.42 Å². The van der Waals surface area contributed by atoms with Crippen molar-refractivity contribution in [1.29, 1.82) is 0 Å². The van der Waals surface area contributed by atoms with Gasteiger partial charge in [-0.15, -0.1) is 0 Å². The summed E-state index contributed by atoms with van der Waals surface area (Å²) in [4.78, 5) is 0. The number of aliphatic hydroxyl groups excluding tert-OH is 6. The lowest BCUT2D eigenvalue weighted by atomic mass is 9.87.